The number of hydrogen-bond donors (Lipinski definition) is 3. The van der Waals surface area contributed by atoms with Crippen molar-refractivity contribution in [1.29, 1.82) is 0 Å². The number of H-pyrrole nitrogens is 1. The normalized spacial score (nSPS) is 23.5. The van der Waals surface area contributed by atoms with Gasteiger partial charge in [-0.3, -0.25) is 10.1 Å². The predicted octanol–water partition coefficient (Wildman–Crippen LogP) is 2.31. The zero-order chi connectivity index (χ0) is 21.2. The topological polar surface area (TPSA) is 80.0 Å². The molecule has 0 bridgehead atoms. The molecule has 0 amide bonds. The lowest BCUT2D eigenvalue weighted by atomic mass is 9.90. The van der Waals surface area contributed by atoms with Crippen molar-refractivity contribution >= 4 is 16.6 Å². The van der Waals surface area contributed by atoms with Gasteiger partial charge in [-0.1, -0.05) is 30.3 Å². The molecular weight excluding hydrogens is 388 g/mol. The van der Waals surface area contributed by atoms with Gasteiger partial charge in [-0.05, 0) is 30.0 Å². The van der Waals surface area contributed by atoms with Gasteiger partial charge < -0.3 is 15.2 Å². The molecule has 6 nitrogen and oxygen atoms in total. The van der Waals surface area contributed by atoms with Crippen LogP contribution in [-0.4, -0.2) is 35.6 Å². The first-order valence-electron chi connectivity index (χ1n) is 11.7. The van der Waals surface area contributed by atoms with Gasteiger partial charge in [0.1, 0.15) is 6.04 Å². The van der Waals surface area contributed by atoms with Crippen molar-refractivity contribution < 1.29 is 15.1 Å². The summed E-state index contributed by atoms with van der Waals surface area (Å²) < 4.78 is 0. The van der Waals surface area contributed by atoms with Crippen LogP contribution in [0.3, 0.4) is 0 Å². The second-order valence-electron chi connectivity index (χ2n) is 9.27. The molecule has 0 spiro atoms. The SMILES string of the molecule is O=[N+]([O-])c1ccc2[nH]c3c(c2c1)CCC[C@H]3[NH2+]C1CC[NH+](CCc2ccccc2)CC1. The van der Waals surface area contributed by atoms with Crippen LogP contribution in [0.15, 0.2) is 48.5 Å². The Hall–Kier alpha value is -2.70. The highest BCUT2D eigenvalue weighted by atomic mass is 16.6. The summed E-state index contributed by atoms with van der Waals surface area (Å²) in [5.41, 5.74) is 5.28. The number of nitrogens with two attached hydrogens (primary N) is 1. The third-order valence-electron chi connectivity index (χ3n) is 7.30. The number of aryl methyl sites for hydroxylation is 1. The van der Waals surface area contributed by atoms with Gasteiger partial charge in [-0.15, -0.1) is 0 Å². The summed E-state index contributed by atoms with van der Waals surface area (Å²) in [4.78, 5) is 16.3. The number of aromatic nitrogens is 1. The molecule has 3 aromatic rings. The summed E-state index contributed by atoms with van der Waals surface area (Å²) >= 11 is 0. The number of nitro groups is 1. The van der Waals surface area contributed by atoms with E-state index in [1.165, 1.54) is 55.7 Å². The smallest absolute Gasteiger partial charge is 0.270 e. The molecule has 2 aromatic carbocycles. The molecule has 2 heterocycles. The van der Waals surface area contributed by atoms with Crippen LogP contribution in [0.4, 0.5) is 5.69 Å². The molecule has 162 valence electrons. The van der Waals surface area contributed by atoms with E-state index in [0.717, 1.165) is 30.2 Å². The number of rotatable bonds is 6. The van der Waals surface area contributed by atoms with E-state index < -0.39 is 0 Å². The number of piperidine rings is 1. The quantitative estimate of drug-likeness (QED) is 0.423. The summed E-state index contributed by atoms with van der Waals surface area (Å²) in [7, 11) is 0. The fourth-order valence-corrected chi connectivity index (χ4v) is 5.58. The molecule has 0 radical (unpaired) electrons. The highest BCUT2D eigenvalue weighted by Crippen LogP contribution is 2.34. The Labute approximate surface area is 182 Å². The van der Waals surface area contributed by atoms with Crippen molar-refractivity contribution in [2.45, 2.75) is 50.6 Å². The van der Waals surface area contributed by atoms with Crippen molar-refractivity contribution in [3.63, 3.8) is 0 Å². The minimum Gasteiger partial charge on any atom is -0.353 e. The van der Waals surface area contributed by atoms with Gasteiger partial charge >= 0.3 is 0 Å². The van der Waals surface area contributed by atoms with Crippen LogP contribution in [0.5, 0.6) is 0 Å². The highest BCUT2D eigenvalue weighted by Gasteiger charge is 2.32. The van der Waals surface area contributed by atoms with Crippen LogP contribution in [0, 0.1) is 10.1 Å². The number of benzene rings is 2. The number of nitro benzene ring substituents is 1. The lowest BCUT2D eigenvalue weighted by Crippen LogP contribution is -3.15. The second-order valence-corrected chi connectivity index (χ2v) is 9.27. The summed E-state index contributed by atoms with van der Waals surface area (Å²) in [6.07, 6.45) is 7.05. The van der Waals surface area contributed by atoms with Crippen LogP contribution in [0.25, 0.3) is 10.9 Å². The van der Waals surface area contributed by atoms with Crippen LogP contribution in [0.2, 0.25) is 0 Å². The molecule has 31 heavy (non-hydrogen) atoms. The van der Waals surface area contributed by atoms with E-state index in [4.69, 9.17) is 0 Å². The molecule has 1 aromatic heterocycles. The van der Waals surface area contributed by atoms with E-state index in [1.54, 1.807) is 17.0 Å². The summed E-state index contributed by atoms with van der Waals surface area (Å²) in [6.45, 7) is 3.74. The summed E-state index contributed by atoms with van der Waals surface area (Å²) in [6, 6.07) is 17.2. The number of non-ortho nitro benzene ring substituents is 1. The maximum Gasteiger partial charge on any atom is 0.270 e. The molecule has 1 saturated heterocycles. The Morgan fingerprint density at radius 1 is 1.10 bits per heavy atom. The van der Waals surface area contributed by atoms with Gasteiger partial charge in [0.05, 0.1) is 36.3 Å². The van der Waals surface area contributed by atoms with Crippen LogP contribution >= 0.6 is 0 Å². The van der Waals surface area contributed by atoms with E-state index >= 15 is 0 Å². The van der Waals surface area contributed by atoms with Gasteiger partial charge in [-0.25, -0.2) is 0 Å². The number of fused-ring (bicyclic) bond motifs is 3. The van der Waals surface area contributed by atoms with Gasteiger partial charge in [0.25, 0.3) is 5.69 Å². The fourth-order valence-electron chi connectivity index (χ4n) is 5.58. The average Bonchev–Trinajstić information content (AvgIpc) is 3.18. The van der Waals surface area contributed by atoms with Crippen LogP contribution in [0.1, 0.15) is 48.5 Å². The first-order chi connectivity index (χ1) is 15.2. The van der Waals surface area contributed by atoms with Crippen molar-refractivity contribution in [1.82, 2.24) is 4.98 Å². The maximum atomic E-state index is 11.2. The van der Waals surface area contributed by atoms with E-state index in [1.807, 2.05) is 6.07 Å². The van der Waals surface area contributed by atoms with E-state index in [0.29, 0.717) is 12.1 Å². The summed E-state index contributed by atoms with van der Waals surface area (Å²) in [5, 5.41) is 14.8. The Morgan fingerprint density at radius 2 is 1.90 bits per heavy atom. The number of nitrogens with one attached hydrogen (secondary N) is 2. The first-order valence-corrected chi connectivity index (χ1v) is 11.7. The molecule has 0 unspecified atom stereocenters. The molecule has 0 saturated carbocycles. The second kappa shape index (κ2) is 8.81. The Kier molecular flexibility index (Phi) is 5.74. The maximum absolute atomic E-state index is 11.2. The third kappa shape index (κ3) is 4.36. The number of likely N-dealkylation sites (tertiary alicyclic amines) is 1. The Bertz CT molecular complexity index is 1050. The standard InChI is InChI=1S/C25H30N4O2/c30-29(31)20-9-10-23-22(17-20)21-7-4-8-24(25(21)27-23)26-19-12-15-28(16-13-19)14-11-18-5-2-1-3-6-18/h1-3,5-6,9-10,17,19,24,26-27H,4,7-8,11-16H2/p+2/t24-/m1/s1. The number of aromatic amines is 1. The number of hydrogen-bond acceptors (Lipinski definition) is 2. The number of nitrogens with zero attached hydrogens (tertiary/aromatic N) is 1. The Balaban J connectivity index is 1.21. The lowest BCUT2D eigenvalue weighted by molar-refractivity contribution is -0.914. The first kappa shape index (κ1) is 20.2. The average molecular weight is 421 g/mol. The van der Waals surface area contributed by atoms with Gasteiger partial charge in [0, 0.05) is 48.7 Å². The van der Waals surface area contributed by atoms with Gasteiger partial charge in [0.2, 0.25) is 0 Å². The Morgan fingerprint density at radius 3 is 2.68 bits per heavy atom. The summed E-state index contributed by atoms with van der Waals surface area (Å²) in [5.74, 6) is 0. The van der Waals surface area contributed by atoms with Crippen LogP contribution < -0.4 is 10.2 Å². The van der Waals surface area contributed by atoms with Gasteiger partial charge in [-0.2, -0.15) is 0 Å². The van der Waals surface area contributed by atoms with Crippen molar-refractivity contribution in [3.8, 4) is 0 Å². The molecule has 1 aliphatic heterocycles. The molecule has 1 fully saturated rings. The molecule has 1 aliphatic carbocycles. The van der Waals surface area contributed by atoms with E-state index in [9.17, 15) is 10.1 Å². The molecule has 4 N–H and O–H groups in total. The fraction of sp³-hybridized carbons (Fsp3) is 0.440. The van der Waals surface area contributed by atoms with E-state index in [-0.39, 0.29) is 10.6 Å². The zero-order valence-electron chi connectivity index (χ0n) is 18.0. The molecule has 5 rings (SSSR count). The molecule has 2 aliphatic rings. The van der Waals surface area contributed by atoms with Crippen LogP contribution in [-0.2, 0) is 12.8 Å². The van der Waals surface area contributed by atoms with Gasteiger partial charge in [0.15, 0.2) is 0 Å². The lowest BCUT2D eigenvalue weighted by Gasteiger charge is -2.31. The zero-order valence-corrected chi connectivity index (χ0v) is 18.0. The molecular formula is C25H32N4O2+2. The van der Waals surface area contributed by atoms with E-state index in [2.05, 4.69) is 40.6 Å². The monoisotopic (exact) mass is 420 g/mol. The van der Waals surface area contributed by atoms with Crippen molar-refractivity contribution in [3.05, 3.63) is 75.5 Å². The molecule has 6 heteroatoms. The van der Waals surface area contributed by atoms with Crippen molar-refractivity contribution in [2.75, 3.05) is 19.6 Å². The highest BCUT2D eigenvalue weighted by molar-refractivity contribution is 5.87. The molecule has 1 atom stereocenters. The largest absolute Gasteiger partial charge is 0.353 e. The number of quaternary nitrogens is 2. The minimum atomic E-state index is -0.292. The minimum absolute atomic E-state index is 0.186. The third-order valence-corrected chi connectivity index (χ3v) is 7.30. The predicted molar refractivity (Wildman–Crippen MR) is 121 cm³/mol. The van der Waals surface area contributed by atoms with Crippen molar-refractivity contribution in [2.24, 2.45) is 0 Å².